The molecule has 0 unspecified atom stereocenters. The number of fused-ring (bicyclic) bond motifs is 7. The van der Waals surface area contributed by atoms with Gasteiger partial charge in [0.05, 0.1) is 12.2 Å². The van der Waals surface area contributed by atoms with Crippen molar-refractivity contribution in [1.82, 2.24) is 28.8 Å². The largest absolute Gasteiger partial charge is 0.344 e. The van der Waals surface area contributed by atoms with Crippen molar-refractivity contribution in [2.75, 3.05) is 29.9 Å². The smallest absolute Gasteiger partial charge is 0.278 e. The average molecular weight is 605 g/mol. The highest BCUT2D eigenvalue weighted by atomic mass is 16.2. The summed E-state index contributed by atoms with van der Waals surface area (Å²) in [7, 11) is 0. The van der Waals surface area contributed by atoms with Gasteiger partial charge in [-0.05, 0) is 68.1 Å². The molecule has 0 radical (unpaired) electrons. The molecule has 1 N–H and O–H groups in total. The van der Waals surface area contributed by atoms with E-state index in [0.717, 1.165) is 66.7 Å². The van der Waals surface area contributed by atoms with Gasteiger partial charge in [-0.2, -0.15) is 4.98 Å². The number of nitrogens with zero attached hydrogens (tertiary/aromatic N) is 7. The molecular formula is C34H36N8O3. The molecule has 2 aliphatic heterocycles. The Morgan fingerprint density at radius 2 is 1.76 bits per heavy atom. The molecule has 7 rings (SSSR count). The van der Waals surface area contributed by atoms with E-state index in [2.05, 4.69) is 45.3 Å². The molecule has 1 saturated heterocycles. The van der Waals surface area contributed by atoms with E-state index in [4.69, 9.17) is 4.98 Å². The summed E-state index contributed by atoms with van der Waals surface area (Å²) in [5.41, 5.74) is 3.81. The fraction of sp³-hybridized carbons (Fsp3) is 0.324. The zero-order valence-corrected chi connectivity index (χ0v) is 25.5. The lowest BCUT2D eigenvalue weighted by molar-refractivity contribution is -0.130. The number of allylic oxidation sites excluding steroid dienone is 2. The maximum Gasteiger partial charge on any atom is 0.278 e. The standard InChI is InChI=1S/C34H36N8O3/c1-23(43)38-17-13-27(14-18-38)40-19-12-25-20-26(10-11-31(25)40)36-34-35-22-30-32(37-34)42-29-9-7-8-28(21-29)39(24(2)44)15-5-3-4-6-16-41(42)33(30)45/h4,6-12,19-22,27H,3,5,13-18H2,1-2H3,(H,35,36,37)/b6-4-. The van der Waals surface area contributed by atoms with Gasteiger partial charge in [0.25, 0.3) is 5.56 Å². The third kappa shape index (κ3) is 5.39. The summed E-state index contributed by atoms with van der Waals surface area (Å²) in [6.45, 7) is 5.77. The number of anilines is 3. The first-order valence-electron chi connectivity index (χ1n) is 15.5. The van der Waals surface area contributed by atoms with Gasteiger partial charge in [0, 0.05) is 74.2 Å². The maximum atomic E-state index is 13.6. The lowest BCUT2D eigenvalue weighted by Crippen LogP contribution is -2.37. The number of rotatable bonds is 3. The number of aromatic nitrogens is 5. The zero-order valence-electron chi connectivity index (χ0n) is 25.5. The van der Waals surface area contributed by atoms with Gasteiger partial charge in [-0.25, -0.2) is 14.3 Å². The molecule has 230 valence electrons. The summed E-state index contributed by atoms with van der Waals surface area (Å²) in [4.78, 5) is 50.9. The third-order valence-corrected chi connectivity index (χ3v) is 8.92. The van der Waals surface area contributed by atoms with Crippen molar-refractivity contribution in [2.45, 2.75) is 52.1 Å². The predicted molar refractivity (Wildman–Crippen MR) is 175 cm³/mol. The Kier molecular flexibility index (Phi) is 7.44. The van der Waals surface area contributed by atoms with E-state index in [1.54, 1.807) is 29.6 Å². The van der Waals surface area contributed by atoms with Crippen LogP contribution in [0.2, 0.25) is 0 Å². The molecule has 45 heavy (non-hydrogen) atoms. The number of amides is 2. The first-order valence-corrected chi connectivity index (χ1v) is 15.5. The van der Waals surface area contributed by atoms with Gasteiger partial charge < -0.3 is 19.7 Å². The van der Waals surface area contributed by atoms with Crippen LogP contribution < -0.4 is 15.8 Å². The molecule has 2 bridgehead atoms. The summed E-state index contributed by atoms with van der Waals surface area (Å²) >= 11 is 0. The molecule has 5 aromatic rings. The predicted octanol–water partition coefficient (Wildman–Crippen LogP) is 5.17. The van der Waals surface area contributed by atoms with Gasteiger partial charge in [-0.15, -0.1) is 0 Å². The highest BCUT2D eigenvalue weighted by Crippen LogP contribution is 2.30. The van der Waals surface area contributed by atoms with E-state index in [1.807, 2.05) is 46.0 Å². The molecule has 2 aromatic carbocycles. The number of carbonyl (C=O) groups excluding carboxylic acids is 2. The van der Waals surface area contributed by atoms with E-state index in [0.29, 0.717) is 36.1 Å². The summed E-state index contributed by atoms with van der Waals surface area (Å²) in [5, 5.41) is 4.85. The van der Waals surface area contributed by atoms with E-state index >= 15 is 0 Å². The van der Waals surface area contributed by atoms with Gasteiger partial charge in [0.15, 0.2) is 5.65 Å². The Labute approximate surface area is 260 Å². The number of nitrogens with one attached hydrogen (secondary N) is 1. The molecule has 0 atom stereocenters. The lowest BCUT2D eigenvalue weighted by Gasteiger charge is -2.32. The van der Waals surface area contributed by atoms with Crippen molar-refractivity contribution in [3.8, 4) is 5.69 Å². The van der Waals surface area contributed by atoms with E-state index in [9.17, 15) is 14.4 Å². The van der Waals surface area contributed by atoms with Crippen molar-refractivity contribution >= 4 is 51.1 Å². The van der Waals surface area contributed by atoms with Crippen molar-refractivity contribution in [1.29, 1.82) is 0 Å². The minimum atomic E-state index is -0.177. The number of hydrogen-bond acceptors (Lipinski definition) is 6. The number of hydrogen-bond donors (Lipinski definition) is 1. The van der Waals surface area contributed by atoms with E-state index in [1.165, 1.54) is 0 Å². The Morgan fingerprint density at radius 1 is 0.933 bits per heavy atom. The first kappa shape index (κ1) is 28.6. The SMILES string of the molecule is CC(=O)N1CCC(n2ccc3cc(Nc4ncc5c(=O)n6n(c5n4)-c4cccc(c4)N(C(C)=O)CCC/C=C\C6)ccc32)CC1. The Bertz CT molecular complexity index is 2010. The lowest BCUT2D eigenvalue weighted by atomic mass is 10.0. The molecule has 2 amide bonds. The van der Waals surface area contributed by atoms with Crippen molar-refractivity contribution < 1.29 is 9.59 Å². The quantitative estimate of drug-likeness (QED) is 0.285. The fourth-order valence-electron chi connectivity index (χ4n) is 6.58. The Balaban J connectivity index is 1.23. The van der Waals surface area contributed by atoms with Crippen LogP contribution in [0.4, 0.5) is 17.3 Å². The van der Waals surface area contributed by atoms with Gasteiger partial charge in [-0.3, -0.25) is 14.4 Å². The van der Waals surface area contributed by atoms with Crippen LogP contribution in [0.1, 0.15) is 45.6 Å². The molecule has 3 aromatic heterocycles. The van der Waals surface area contributed by atoms with Crippen LogP contribution in [0.25, 0.3) is 27.6 Å². The van der Waals surface area contributed by atoms with Crippen molar-refractivity contribution in [3.63, 3.8) is 0 Å². The Morgan fingerprint density at radius 3 is 2.56 bits per heavy atom. The minimum absolute atomic E-state index is 0.0255. The monoisotopic (exact) mass is 604 g/mol. The number of benzene rings is 2. The number of piperidine rings is 1. The summed E-state index contributed by atoms with van der Waals surface area (Å²) in [6.07, 6.45) is 11.3. The number of carbonyl (C=O) groups is 2. The minimum Gasteiger partial charge on any atom is -0.344 e. The molecule has 0 saturated carbocycles. The topological polar surface area (TPSA) is 110 Å². The van der Waals surface area contributed by atoms with Crippen LogP contribution in [-0.2, 0) is 16.1 Å². The maximum absolute atomic E-state index is 13.6. The van der Waals surface area contributed by atoms with Crippen LogP contribution >= 0.6 is 0 Å². The third-order valence-electron chi connectivity index (χ3n) is 8.92. The van der Waals surface area contributed by atoms with Crippen molar-refractivity contribution in [2.24, 2.45) is 0 Å². The first-order chi connectivity index (χ1) is 21.9. The van der Waals surface area contributed by atoms with Crippen LogP contribution in [0, 0.1) is 0 Å². The molecule has 2 aliphatic rings. The average Bonchev–Trinajstić information content (AvgIpc) is 3.58. The van der Waals surface area contributed by atoms with Crippen LogP contribution in [0.5, 0.6) is 0 Å². The van der Waals surface area contributed by atoms with Crippen LogP contribution in [-0.4, -0.2) is 60.2 Å². The van der Waals surface area contributed by atoms with E-state index < -0.39 is 0 Å². The highest BCUT2D eigenvalue weighted by Gasteiger charge is 2.23. The molecule has 11 nitrogen and oxygen atoms in total. The summed E-state index contributed by atoms with van der Waals surface area (Å²) < 4.78 is 5.79. The summed E-state index contributed by atoms with van der Waals surface area (Å²) in [6, 6.07) is 16.3. The molecular weight excluding hydrogens is 568 g/mol. The van der Waals surface area contributed by atoms with Crippen LogP contribution in [0.15, 0.2) is 77.9 Å². The molecule has 0 spiro atoms. The molecule has 11 heteroatoms. The van der Waals surface area contributed by atoms with Gasteiger partial charge in [-0.1, -0.05) is 18.2 Å². The fourth-order valence-corrected chi connectivity index (χ4v) is 6.58. The highest BCUT2D eigenvalue weighted by molar-refractivity contribution is 5.92. The number of likely N-dealkylation sites (tertiary alicyclic amines) is 1. The second kappa shape index (κ2) is 11.7. The van der Waals surface area contributed by atoms with E-state index in [-0.39, 0.29) is 17.4 Å². The van der Waals surface area contributed by atoms with Gasteiger partial charge >= 0.3 is 0 Å². The normalized spacial score (nSPS) is 16.7. The Hall–Kier alpha value is -5.19. The second-order valence-electron chi connectivity index (χ2n) is 11.8. The molecule has 0 aliphatic carbocycles. The van der Waals surface area contributed by atoms with Gasteiger partial charge in [0.2, 0.25) is 17.8 Å². The van der Waals surface area contributed by atoms with Gasteiger partial charge in [0.1, 0.15) is 5.39 Å². The zero-order chi connectivity index (χ0) is 31.1. The summed E-state index contributed by atoms with van der Waals surface area (Å²) in [5.74, 6) is 0.491. The second-order valence-corrected chi connectivity index (χ2v) is 11.8. The molecule has 1 fully saturated rings. The molecule has 5 heterocycles. The van der Waals surface area contributed by atoms with Crippen LogP contribution in [0.3, 0.4) is 0 Å². The van der Waals surface area contributed by atoms with Crippen molar-refractivity contribution in [3.05, 3.63) is 83.4 Å².